The van der Waals surface area contributed by atoms with Gasteiger partial charge >= 0.3 is 5.69 Å². The predicted molar refractivity (Wildman–Crippen MR) is 144 cm³/mol. The fourth-order valence-corrected chi connectivity index (χ4v) is 4.36. The summed E-state index contributed by atoms with van der Waals surface area (Å²) < 4.78 is 53.8. The highest BCUT2D eigenvalue weighted by Crippen LogP contribution is 2.35. The molecule has 1 saturated heterocycles. The maximum absolute atomic E-state index is 16.1. The lowest BCUT2D eigenvalue weighted by atomic mass is 10.0. The average Bonchev–Trinajstić information content (AvgIpc) is 3.41. The predicted octanol–water partition coefficient (Wildman–Crippen LogP) is 3.63. The molecule has 2 aromatic carbocycles. The van der Waals surface area contributed by atoms with Crippen molar-refractivity contribution >= 4 is 5.69 Å². The molecule has 1 aliphatic rings. The highest BCUT2D eigenvalue weighted by molar-refractivity contribution is 5.53. The molecule has 14 heteroatoms. The lowest BCUT2D eigenvalue weighted by Crippen LogP contribution is -2.24. The van der Waals surface area contributed by atoms with Crippen molar-refractivity contribution in [3.05, 3.63) is 87.9 Å². The van der Waals surface area contributed by atoms with Gasteiger partial charge in [-0.2, -0.15) is 5.26 Å². The van der Waals surface area contributed by atoms with E-state index in [0.717, 1.165) is 30.0 Å². The lowest BCUT2D eigenvalue weighted by molar-refractivity contribution is -0.165. The molecule has 0 radical (unpaired) electrons. The number of hydrogen-bond donors (Lipinski definition) is 2. The van der Waals surface area contributed by atoms with Crippen LogP contribution in [-0.2, 0) is 9.47 Å². The van der Waals surface area contributed by atoms with Crippen LogP contribution < -0.4 is 20.5 Å². The van der Waals surface area contributed by atoms with Crippen molar-refractivity contribution in [3.63, 3.8) is 0 Å². The van der Waals surface area contributed by atoms with Gasteiger partial charge in [-0.15, -0.1) is 9.78 Å². The molecule has 4 aromatic rings. The van der Waals surface area contributed by atoms with Crippen LogP contribution in [0.15, 0.2) is 53.6 Å². The van der Waals surface area contributed by atoms with Gasteiger partial charge in [-0.25, -0.2) is 23.5 Å². The molecule has 0 saturated carbocycles. The van der Waals surface area contributed by atoms with Gasteiger partial charge in [-0.3, -0.25) is 4.98 Å². The number of ether oxygens (including phenoxy) is 4. The van der Waals surface area contributed by atoms with Crippen molar-refractivity contribution in [1.29, 1.82) is 5.26 Å². The molecule has 2 aromatic heterocycles. The summed E-state index contributed by atoms with van der Waals surface area (Å²) in [7, 11) is 1.41. The lowest BCUT2D eigenvalue weighted by Gasteiger charge is -2.23. The van der Waals surface area contributed by atoms with Crippen molar-refractivity contribution in [3.8, 4) is 23.5 Å². The van der Waals surface area contributed by atoms with Crippen LogP contribution >= 0.6 is 0 Å². The summed E-state index contributed by atoms with van der Waals surface area (Å²) in [5, 5.41) is 16.4. The van der Waals surface area contributed by atoms with Gasteiger partial charge in [0.05, 0.1) is 19.3 Å². The van der Waals surface area contributed by atoms with Crippen molar-refractivity contribution < 1.29 is 27.7 Å². The first-order chi connectivity index (χ1) is 20.5. The third-order valence-electron chi connectivity index (χ3n) is 6.42. The first kappa shape index (κ1) is 28.7. The third-order valence-corrected chi connectivity index (χ3v) is 6.42. The second-order valence-corrected chi connectivity index (χ2v) is 9.20. The maximum Gasteiger partial charge on any atom is 0.350 e. The van der Waals surface area contributed by atoms with Crippen LogP contribution in [-0.4, -0.2) is 58.0 Å². The first-order valence-corrected chi connectivity index (χ1v) is 13.1. The zero-order chi connectivity index (χ0) is 29.5. The van der Waals surface area contributed by atoms with Crippen LogP contribution in [0.1, 0.15) is 42.3 Å². The van der Waals surface area contributed by atoms with Gasteiger partial charge in [0.25, 0.3) is 5.95 Å². The number of rotatable bonds is 11. The summed E-state index contributed by atoms with van der Waals surface area (Å²) in [6.07, 6.45) is 5.32. The second kappa shape index (κ2) is 13.2. The number of nitrogens with zero attached hydrogens (tertiary/aromatic N) is 5. The maximum atomic E-state index is 16.1. The van der Waals surface area contributed by atoms with E-state index in [1.54, 1.807) is 12.1 Å². The topological polar surface area (TPSA) is 149 Å². The second-order valence-electron chi connectivity index (χ2n) is 9.20. The molecule has 2 unspecified atom stereocenters. The van der Waals surface area contributed by atoms with Gasteiger partial charge in [0.2, 0.25) is 0 Å². The molecule has 12 nitrogen and oxygen atoms in total. The minimum Gasteiger partial charge on any atom is -0.497 e. The molecule has 0 amide bonds. The van der Waals surface area contributed by atoms with Crippen molar-refractivity contribution in [2.75, 3.05) is 32.2 Å². The van der Waals surface area contributed by atoms with E-state index in [-0.39, 0.29) is 59.6 Å². The van der Waals surface area contributed by atoms with Crippen LogP contribution in [0.2, 0.25) is 0 Å². The number of anilines is 1. The molecule has 1 fully saturated rings. The molecule has 0 bridgehead atoms. The zero-order valence-electron chi connectivity index (χ0n) is 22.5. The van der Waals surface area contributed by atoms with Crippen molar-refractivity contribution in [2.45, 2.75) is 31.6 Å². The molecule has 2 N–H and O–H groups in total. The van der Waals surface area contributed by atoms with E-state index in [9.17, 15) is 9.18 Å². The van der Waals surface area contributed by atoms with Gasteiger partial charge in [-0.05, 0) is 49.6 Å². The van der Waals surface area contributed by atoms with Crippen LogP contribution in [0.5, 0.6) is 11.5 Å². The number of methoxy groups -OCH3 is 1. The van der Waals surface area contributed by atoms with Crippen LogP contribution in [0.25, 0.3) is 5.95 Å². The molecule has 1 aliphatic heterocycles. The minimum absolute atomic E-state index is 0.00903. The molecule has 5 rings (SSSR count). The number of aromatic nitrogens is 5. The van der Waals surface area contributed by atoms with Gasteiger partial charge in [-0.1, -0.05) is 0 Å². The highest BCUT2D eigenvalue weighted by Gasteiger charge is 2.27. The van der Waals surface area contributed by atoms with E-state index in [4.69, 9.17) is 24.2 Å². The number of benzene rings is 2. The molecule has 42 heavy (non-hydrogen) atoms. The number of halogens is 2. The molecule has 0 aliphatic carbocycles. The average molecular weight is 580 g/mol. The largest absolute Gasteiger partial charge is 0.497 e. The number of nitrogens with one attached hydrogen (secondary N) is 2. The van der Waals surface area contributed by atoms with Crippen LogP contribution in [0.3, 0.4) is 0 Å². The van der Waals surface area contributed by atoms with E-state index >= 15 is 4.39 Å². The number of H-pyrrole nitrogens is 1. The van der Waals surface area contributed by atoms with Crippen molar-refractivity contribution in [1.82, 2.24) is 24.7 Å². The minimum atomic E-state index is -1.18. The highest BCUT2D eigenvalue weighted by atomic mass is 19.1. The SMILES string of the molecule is COc1cc(OCCOC2CCCCO2)c(F)c(C(Nc2ccc(C#N)c(F)c2)c2nn(-c3ncccn3)c(=O)[nH]2)c1. The summed E-state index contributed by atoms with van der Waals surface area (Å²) in [6, 6.07) is 8.75. The third kappa shape index (κ3) is 6.54. The van der Waals surface area contributed by atoms with E-state index in [1.165, 1.54) is 43.8 Å². The van der Waals surface area contributed by atoms with E-state index in [0.29, 0.717) is 6.61 Å². The molecule has 0 spiro atoms. The normalized spacial score (nSPS) is 15.5. The van der Waals surface area contributed by atoms with Crippen molar-refractivity contribution in [2.24, 2.45) is 0 Å². The summed E-state index contributed by atoms with van der Waals surface area (Å²) in [6.45, 7) is 0.821. The fraction of sp³-hybridized carbons (Fsp3) is 0.321. The van der Waals surface area contributed by atoms with Gasteiger partial charge < -0.3 is 24.3 Å². The molecule has 218 valence electrons. The van der Waals surface area contributed by atoms with Crippen LogP contribution in [0, 0.1) is 23.0 Å². The quantitative estimate of drug-likeness (QED) is 0.252. The standard InChI is InChI=1S/C28H27F2N7O5/c1-39-19-14-20(24(30)22(15-19)40-11-12-42-23-5-2-3-10-41-23)25(34-18-7-6-17(16-31)21(29)13-18)26-35-28(38)37(36-26)27-32-8-4-9-33-27/h4,6-9,13-15,23,25,34H,2-3,5,10-12H2,1H3,(H,35,36,38). The Morgan fingerprint density at radius 2 is 2.05 bits per heavy atom. The number of aromatic amines is 1. The first-order valence-electron chi connectivity index (χ1n) is 13.1. The monoisotopic (exact) mass is 579 g/mol. The van der Waals surface area contributed by atoms with Gasteiger partial charge in [0.1, 0.15) is 30.3 Å². The van der Waals surface area contributed by atoms with E-state index in [1.807, 2.05) is 0 Å². The smallest absolute Gasteiger partial charge is 0.350 e. The molecular weight excluding hydrogens is 552 g/mol. The Morgan fingerprint density at radius 1 is 1.21 bits per heavy atom. The Bertz CT molecular complexity index is 1620. The Labute approximate surface area is 238 Å². The zero-order valence-corrected chi connectivity index (χ0v) is 22.5. The Kier molecular flexibility index (Phi) is 9.00. The number of nitriles is 1. The van der Waals surface area contributed by atoms with Gasteiger partial charge in [0, 0.05) is 36.3 Å². The summed E-state index contributed by atoms with van der Waals surface area (Å²) in [4.78, 5) is 23.5. The summed E-state index contributed by atoms with van der Waals surface area (Å²) in [5.74, 6) is -1.48. The van der Waals surface area contributed by atoms with E-state index < -0.39 is 23.4 Å². The Balaban J connectivity index is 1.49. The fourth-order valence-electron chi connectivity index (χ4n) is 4.36. The summed E-state index contributed by atoms with van der Waals surface area (Å²) in [5.41, 5.74) is -0.690. The Hall–Kier alpha value is -4.87. The molecule has 2 atom stereocenters. The molecule has 3 heterocycles. The Morgan fingerprint density at radius 3 is 2.76 bits per heavy atom. The summed E-state index contributed by atoms with van der Waals surface area (Å²) >= 11 is 0. The van der Waals surface area contributed by atoms with E-state index in [2.05, 4.69) is 25.4 Å². The molecular formula is C28H27F2N7O5. The van der Waals surface area contributed by atoms with Crippen LogP contribution in [0.4, 0.5) is 14.5 Å². The number of hydrogen-bond acceptors (Lipinski definition) is 10. The van der Waals surface area contributed by atoms with Gasteiger partial charge in [0.15, 0.2) is 23.7 Å².